The third kappa shape index (κ3) is 3.08. The maximum Gasteiger partial charge on any atom is 0.137 e. The molecule has 0 aliphatic carbocycles. The molecule has 100 valence electrons. The van der Waals surface area contributed by atoms with Gasteiger partial charge >= 0.3 is 0 Å². The Balaban J connectivity index is 2.45. The van der Waals surface area contributed by atoms with E-state index in [4.69, 9.17) is 16.3 Å². The molecular formula is C14H11BrClFO2. The molecule has 0 aliphatic rings. The van der Waals surface area contributed by atoms with Crippen molar-refractivity contribution >= 4 is 27.5 Å². The van der Waals surface area contributed by atoms with E-state index in [2.05, 4.69) is 15.9 Å². The van der Waals surface area contributed by atoms with Crippen LogP contribution in [0.25, 0.3) is 0 Å². The molecule has 0 fully saturated rings. The first-order valence-corrected chi connectivity index (χ1v) is 6.66. The third-order valence-electron chi connectivity index (χ3n) is 2.75. The highest BCUT2D eigenvalue weighted by Crippen LogP contribution is 2.33. The summed E-state index contributed by atoms with van der Waals surface area (Å²) in [5.74, 6) is 0.145. The average Bonchev–Trinajstić information content (AvgIpc) is 2.41. The van der Waals surface area contributed by atoms with E-state index in [0.29, 0.717) is 26.4 Å². The standard InChI is InChI=1S/C14H11BrClFO2/c1-19-13-5-3-9(16)7-10(13)14(18)8-2-4-12(17)11(15)6-8/h2-7,14,18H,1H3. The van der Waals surface area contributed by atoms with Gasteiger partial charge in [0, 0.05) is 10.6 Å². The van der Waals surface area contributed by atoms with E-state index in [1.807, 2.05) is 0 Å². The van der Waals surface area contributed by atoms with Gasteiger partial charge in [-0.1, -0.05) is 17.7 Å². The molecule has 0 heterocycles. The molecule has 2 aromatic carbocycles. The number of halogens is 3. The molecule has 1 atom stereocenters. The van der Waals surface area contributed by atoms with Crippen LogP contribution in [-0.4, -0.2) is 12.2 Å². The topological polar surface area (TPSA) is 29.5 Å². The van der Waals surface area contributed by atoms with E-state index < -0.39 is 6.10 Å². The van der Waals surface area contributed by atoms with Crippen molar-refractivity contribution in [3.8, 4) is 5.75 Å². The summed E-state index contributed by atoms with van der Waals surface area (Å²) in [6.45, 7) is 0. The second kappa shape index (κ2) is 5.90. The van der Waals surface area contributed by atoms with Gasteiger partial charge < -0.3 is 9.84 Å². The number of hydrogen-bond acceptors (Lipinski definition) is 2. The van der Waals surface area contributed by atoms with E-state index in [9.17, 15) is 9.50 Å². The van der Waals surface area contributed by atoms with E-state index in [0.717, 1.165) is 0 Å². The zero-order valence-corrected chi connectivity index (χ0v) is 12.4. The van der Waals surface area contributed by atoms with Gasteiger partial charge in [-0.3, -0.25) is 0 Å². The Morgan fingerprint density at radius 1 is 1.26 bits per heavy atom. The number of hydrogen-bond donors (Lipinski definition) is 1. The van der Waals surface area contributed by atoms with Gasteiger partial charge in [0.1, 0.15) is 17.7 Å². The molecule has 0 bridgehead atoms. The zero-order chi connectivity index (χ0) is 14.0. The number of methoxy groups -OCH3 is 1. The van der Waals surface area contributed by atoms with Gasteiger partial charge in [-0.05, 0) is 51.8 Å². The van der Waals surface area contributed by atoms with Crippen LogP contribution in [0.2, 0.25) is 5.02 Å². The summed E-state index contributed by atoms with van der Waals surface area (Å²) in [6.07, 6.45) is -0.939. The predicted octanol–water partition coefficient (Wildman–Crippen LogP) is 4.33. The predicted molar refractivity (Wildman–Crippen MR) is 76.2 cm³/mol. The molecule has 0 saturated carbocycles. The van der Waals surface area contributed by atoms with Crippen LogP contribution in [0.3, 0.4) is 0 Å². The lowest BCUT2D eigenvalue weighted by Crippen LogP contribution is -2.03. The first-order valence-electron chi connectivity index (χ1n) is 5.49. The molecule has 0 radical (unpaired) electrons. The molecule has 0 saturated heterocycles. The monoisotopic (exact) mass is 344 g/mol. The Hall–Kier alpha value is -1.10. The van der Waals surface area contributed by atoms with Gasteiger partial charge in [0.15, 0.2) is 0 Å². The quantitative estimate of drug-likeness (QED) is 0.897. The summed E-state index contributed by atoms with van der Waals surface area (Å²) in [6, 6.07) is 9.32. The number of benzene rings is 2. The fraction of sp³-hybridized carbons (Fsp3) is 0.143. The summed E-state index contributed by atoms with van der Waals surface area (Å²) in [5.41, 5.74) is 1.09. The van der Waals surface area contributed by atoms with E-state index in [-0.39, 0.29) is 5.82 Å². The van der Waals surface area contributed by atoms with Crippen molar-refractivity contribution in [2.75, 3.05) is 7.11 Å². The molecule has 5 heteroatoms. The van der Waals surface area contributed by atoms with E-state index in [1.165, 1.54) is 25.3 Å². The minimum absolute atomic E-state index is 0.296. The molecule has 0 aliphatic heterocycles. The average molecular weight is 346 g/mol. The van der Waals surface area contributed by atoms with Crippen LogP contribution in [0.15, 0.2) is 40.9 Å². The highest BCUT2D eigenvalue weighted by Gasteiger charge is 2.17. The molecule has 19 heavy (non-hydrogen) atoms. The highest BCUT2D eigenvalue weighted by atomic mass is 79.9. The molecule has 2 rings (SSSR count). The zero-order valence-electron chi connectivity index (χ0n) is 10.0. The van der Waals surface area contributed by atoms with Crippen molar-refractivity contribution in [2.24, 2.45) is 0 Å². The lowest BCUT2D eigenvalue weighted by Gasteiger charge is -2.16. The first kappa shape index (κ1) is 14.3. The Bertz CT molecular complexity index is 604. The number of aliphatic hydroxyl groups excluding tert-OH is 1. The number of aliphatic hydroxyl groups is 1. The van der Waals surface area contributed by atoms with Crippen LogP contribution >= 0.6 is 27.5 Å². The Labute approximate surface area is 123 Å². The van der Waals surface area contributed by atoms with Gasteiger partial charge in [-0.2, -0.15) is 0 Å². The van der Waals surface area contributed by atoms with Crippen molar-refractivity contribution in [3.05, 3.63) is 62.8 Å². The largest absolute Gasteiger partial charge is 0.496 e. The summed E-state index contributed by atoms with van der Waals surface area (Å²) in [5, 5.41) is 10.9. The number of rotatable bonds is 3. The van der Waals surface area contributed by atoms with Gasteiger partial charge in [0.25, 0.3) is 0 Å². The molecule has 1 N–H and O–H groups in total. The Kier molecular flexibility index (Phi) is 4.45. The fourth-order valence-corrected chi connectivity index (χ4v) is 2.36. The summed E-state index contributed by atoms with van der Waals surface area (Å²) >= 11 is 9.02. The fourth-order valence-electron chi connectivity index (χ4n) is 1.78. The van der Waals surface area contributed by atoms with Crippen LogP contribution in [0.4, 0.5) is 4.39 Å². The highest BCUT2D eigenvalue weighted by molar-refractivity contribution is 9.10. The maximum absolute atomic E-state index is 13.2. The van der Waals surface area contributed by atoms with Crippen molar-refractivity contribution in [2.45, 2.75) is 6.10 Å². The molecule has 0 aromatic heterocycles. The Morgan fingerprint density at radius 2 is 2.00 bits per heavy atom. The smallest absolute Gasteiger partial charge is 0.137 e. The molecule has 1 unspecified atom stereocenters. The lowest BCUT2D eigenvalue weighted by molar-refractivity contribution is 0.214. The molecule has 2 nitrogen and oxygen atoms in total. The van der Waals surface area contributed by atoms with Crippen molar-refractivity contribution in [1.29, 1.82) is 0 Å². The van der Waals surface area contributed by atoms with Gasteiger partial charge in [-0.15, -0.1) is 0 Å². The van der Waals surface area contributed by atoms with Crippen molar-refractivity contribution < 1.29 is 14.2 Å². The molecule has 0 spiro atoms. The van der Waals surface area contributed by atoms with Crippen molar-refractivity contribution in [1.82, 2.24) is 0 Å². The van der Waals surface area contributed by atoms with Gasteiger partial charge in [-0.25, -0.2) is 4.39 Å². The maximum atomic E-state index is 13.2. The summed E-state index contributed by atoms with van der Waals surface area (Å²) in [7, 11) is 1.51. The molecular weight excluding hydrogens is 335 g/mol. The SMILES string of the molecule is COc1ccc(Cl)cc1C(O)c1ccc(F)c(Br)c1. The minimum atomic E-state index is -0.939. The van der Waals surface area contributed by atoms with Crippen LogP contribution in [0.1, 0.15) is 17.2 Å². The summed E-state index contributed by atoms with van der Waals surface area (Å²) in [4.78, 5) is 0. The second-order valence-corrected chi connectivity index (χ2v) is 5.25. The van der Waals surface area contributed by atoms with E-state index in [1.54, 1.807) is 18.2 Å². The molecule has 0 amide bonds. The van der Waals surface area contributed by atoms with Gasteiger partial charge in [0.2, 0.25) is 0 Å². The van der Waals surface area contributed by atoms with Crippen LogP contribution in [-0.2, 0) is 0 Å². The van der Waals surface area contributed by atoms with Crippen LogP contribution in [0, 0.1) is 5.82 Å². The van der Waals surface area contributed by atoms with Gasteiger partial charge in [0.05, 0.1) is 11.6 Å². The van der Waals surface area contributed by atoms with Crippen LogP contribution in [0.5, 0.6) is 5.75 Å². The van der Waals surface area contributed by atoms with Crippen molar-refractivity contribution in [3.63, 3.8) is 0 Å². The lowest BCUT2D eigenvalue weighted by atomic mass is 10.0. The van der Waals surface area contributed by atoms with E-state index >= 15 is 0 Å². The third-order valence-corrected chi connectivity index (χ3v) is 3.59. The van der Waals surface area contributed by atoms with Crippen LogP contribution < -0.4 is 4.74 Å². The summed E-state index contributed by atoms with van der Waals surface area (Å²) < 4.78 is 18.7. The number of ether oxygens (including phenoxy) is 1. The minimum Gasteiger partial charge on any atom is -0.496 e. The molecule has 2 aromatic rings. The Morgan fingerprint density at radius 3 is 2.63 bits per heavy atom. The normalized spacial score (nSPS) is 12.3. The second-order valence-electron chi connectivity index (χ2n) is 3.96. The first-order chi connectivity index (χ1) is 9.02.